The molecule has 0 saturated heterocycles. The minimum absolute atomic E-state index is 0.805. The Bertz CT molecular complexity index is 1780. The molecule has 160 valence electrons. The molecule has 0 aliphatic carbocycles. The van der Waals surface area contributed by atoms with Gasteiger partial charge in [-0.05, 0) is 24.3 Å². The molecule has 0 bridgehead atoms. The molecule has 0 saturated carbocycles. The highest BCUT2D eigenvalue weighted by Crippen LogP contribution is 2.37. The van der Waals surface area contributed by atoms with Crippen LogP contribution in [-0.2, 0) is 0 Å². The normalized spacial score (nSPS) is 11.5. The van der Waals surface area contributed by atoms with Crippen LogP contribution in [0.5, 0.6) is 0 Å². The lowest BCUT2D eigenvalue weighted by Gasteiger charge is -2.11. The summed E-state index contributed by atoms with van der Waals surface area (Å²) in [5.74, 6) is 0.805. The second-order valence-corrected chi connectivity index (χ2v) is 8.40. The van der Waals surface area contributed by atoms with Crippen LogP contribution in [-0.4, -0.2) is 19.1 Å². The monoisotopic (exact) mass is 436 g/mol. The van der Waals surface area contributed by atoms with Gasteiger partial charge < -0.3 is 4.57 Å². The molecular weight excluding hydrogens is 416 g/mol. The quantitative estimate of drug-likeness (QED) is 0.294. The van der Waals surface area contributed by atoms with E-state index in [9.17, 15) is 0 Å². The van der Waals surface area contributed by atoms with E-state index in [-0.39, 0.29) is 0 Å². The van der Waals surface area contributed by atoms with Crippen LogP contribution in [0, 0.1) is 0 Å². The number of rotatable bonds is 3. The van der Waals surface area contributed by atoms with Gasteiger partial charge >= 0.3 is 0 Å². The van der Waals surface area contributed by atoms with Crippen LogP contribution in [0.2, 0.25) is 0 Å². The summed E-state index contributed by atoms with van der Waals surface area (Å²) < 4.78 is 4.51. The Hall–Kier alpha value is -4.70. The molecule has 0 spiro atoms. The minimum atomic E-state index is 0.805. The first-order valence-corrected chi connectivity index (χ1v) is 11.3. The molecule has 0 amide bonds. The Morgan fingerprint density at radius 2 is 1.32 bits per heavy atom. The summed E-state index contributed by atoms with van der Waals surface area (Å²) >= 11 is 0. The largest absolute Gasteiger partial charge is 0.315 e. The van der Waals surface area contributed by atoms with Crippen molar-refractivity contribution >= 4 is 32.7 Å². The van der Waals surface area contributed by atoms with Crippen molar-refractivity contribution in [1.82, 2.24) is 19.1 Å². The number of hydrogen-bond donors (Lipinski definition) is 0. The number of fused-ring (bicyclic) bond motifs is 5. The second-order valence-electron chi connectivity index (χ2n) is 8.40. The number of aromatic nitrogens is 4. The molecule has 4 heteroatoms. The molecule has 0 atom stereocenters. The smallest absolute Gasteiger partial charge is 0.156 e. The van der Waals surface area contributed by atoms with Crippen molar-refractivity contribution in [2.24, 2.45) is 0 Å². The van der Waals surface area contributed by atoms with Crippen molar-refractivity contribution in [2.75, 3.05) is 0 Å². The van der Waals surface area contributed by atoms with E-state index in [0.717, 1.165) is 39.3 Å². The molecular formula is C30H20N4. The van der Waals surface area contributed by atoms with Crippen LogP contribution in [0.3, 0.4) is 0 Å². The third-order valence-corrected chi connectivity index (χ3v) is 6.46. The molecule has 0 radical (unpaired) electrons. The highest BCUT2D eigenvalue weighted by molar-refractivity contribution is 6.18. The highest BCUT2D eigenvalue weighted by Gasteiger charge is 2.18. The van der Waals surface area contributed by atoms with E-state index < -0.39 is 0 Å². The van der Waals surface area contributed by atoms with Crippen LogP contribution < -0.4 is 0 Å². The zero-order valence-electron chi connectivity index (χ0n) is 18.3. The molecule has 3 heterocycles. The zero-order valence-corrected chi connectivity index (χ0v) is 18.3. The minimum Gasteiger partial charge on any atom is -0.315 e. The van der Waals surface area contributed by atoms with Gasteiger partial charge in [0.1, 0.15) is 0 Å². The summed E-state index contributed by atoms with van der Waals surface area (Å²) in [6.07, 6.45) is 5.89. The van der Waals surface area contributed by atoms with Crippen LogP contribution in [0.4, 0.5) is 0 Å². The molecule has 4 aromatic carbocycles. The lowest BCUT2D eigenvalue weighted by molar-refractivity contribution is 1.04. The molecule has 7 rings (SSSR count). The van der Waals surface area contributed by atoms with E-state index in [1.807, 2.05) is 36.7 Å². The fourth-order valence-corrected chi connectivity index (χ4v) is 4.91. The van der Waals surface area contributed by atoms with E-state index in [1.165, 1.54) is 16.2 Å². The molecule has 4 nitrogen and oxygen atoms in total. The number of nitrogens with zero attached hydrogens (tertiary/aromatic N) is 4. The van der Waals surface area contributed by atoms with Gasteiger partial charge in [0.15, 0.2) is 5.82 Å². The third kappa shape index (κ3) is 2.79. The highest BCUT2D eigenvalue weighted by atomic mass is 15.1. The van der Waals surface area contributed by atoms with Crippen molar-refractivity contribution in [3.8, 4) is 22.8 Å². The van der Waals surface area contributed by atoms with E-state index >= 15 is 0 Å². The van der Waals surface area contributed by atoms with Crippen molar-refractivity contribution in [2.45, 2.75) is 0 Å². The lowest BCUT2D eigenvalue weighted by Crippen LogP contribution is -2.01. The fraction of sp³-hybridized carbons (Fsp3) is 0. The molecule has 7 aromatic rings. The Kier molecular flexibility index (Phi) is 4.11. The van der Waals surface area contributed by atoms with Gasteiger partial charge in [0.05, 0.1) is 34.6 Å². The molecule has 3 aromatic heterocycles. The number of hydrogen-bond acceptors (Lipinski definition) is 2. The summed E-state index contributed by atoms with van der Waals surface area (Å²) in [6, 6.07) is 35.7. The van der Waals surface area contributed by atoms with Crippen molar-refractivity contribution < 1.29 is 0 Å². The van der Waals surface area contributed by atoms with Crippen LogP contribution in [0.25, 0.3) is 55.5 Å². The summed E-state index contributed by atoms with van der Waals surface area (Å²) in [4.78, 5) is 9.66. The Morgan fingerprint density at radius 3 is 2.12 bits per heavy atom. The first-order chi connectivity index (χ1) is 16.9. The van der Waals surface area contributed by atoms with Crippen LogP contribution in [0.15, 0.2) is 122 Å². The maximum atomic E-state index is 4.88. The number of para-hydroxylation sites is 2. The summed E-state index contributed by atoms with van der Waals surface area (Å²) in [6.45, 7) is 0. The summed E-state index contributed by atoms with van der Waals surface area (Å²) in [5.41, 5.74) is 6.47. The van der Waals surface area contributed by atoms with Crippen LogP contribution in [0.1, 0.15) is 0 Å². The maximum Gasteiger partial charge on any atom is 0.156 e. The van der Waals surface area contributed by atoms with Crippen molar-refractivity contribution in [1.29, 1.82) is 0 Å². The predicted octanol–water partition coefficient (Wildman–Crippen LogP) is 7.18. The Labute approximate surface area is 196 Å². The first kappa shape index (κ1) is 18.8. The average Bonchev–Trinajstić information content (AvgIpc) is 3.49. The SMILES string of the molecule is c1ccc(-c2cnc(-n3c4ccccc4c4ccc5ccn(-c6ccccc6)c5c43)cn2)cc1. The van der Waals surface area contributed by atoms with Crippen molar-refractivity contribution in [3.05, 3.63) is 122 Å². The molecule has 0 fully saturated rings. The molecule has 0 aliphatic heterocycles. The topological polar surface area (TPSA) is 35.6 Å². The van der Waals surface area contributed by atoms with Gasteiger partial charge in [-0.1, -0.05) is 78.9 Å². The van der Waals surface area contributed by atoms with Gasteiger partial charge in [-0.15, -0.1) is 0 Å². The van der Waals surface area contributed by atoms with E-state index in [1.54, 1.807) is 0 Å². The Morgan fingerprint density at radius 1 is 0.559 bits per heavy atom. The van der Waals surface area contributed by atoms with Crippen molar-refractivity contribution in [3.63, 3.8) is 0 Å². The summed E-state index contributed by atoms with van der Waals surface area (Å²) in [5, 5.41) is 3.59. The van der Waals surface area contributed by atoms with E-state index in [0.29, 0.717) is 0 Å². The van der Waals surface area contributed by atoms with E-state index in [4.69, 9.17) is 9.97 Å². The molecule has 0 unspecified atom stereocenters. The third-order valence-electron chi connectivity index (χ3n) is 6.46. The second kappa shape index (κ2) is 7.42. The first-order valence-electron chi connectivity index (χ1n) is 11.3. The van der Waals surface area contributed by atoms with Gasteiger partial charge in [0, 0.05) is 33.6 Å². The average molecular weight is 437 g/mol. The lowest BCUT2D eigenvalue weighted by atomic mass is 10.1. The van der Waals surface area contributed by atoms with Gasteiger partial charge in [0.2, 0.25) is 0 Å². The molecule has 34 heavy (non-hydrogen) atoms. The van der Waals surface area contributed by atoms with E-state index in [2.05, 4.69) is 94.2 Å². The Balaban J connectivity index is 1.55. The van der Waals surface area contributed by atoms with Gasteiger partial charge in [-0.3, -0.25) is 9.55 Å². The standard InChI is InChI=1S/C30H20N4/c1-3-9-21(10-4-1)26-19-32-28(20-31-26)34-27-14-8-7-13-24(27)25-16-15-22-17-18-33(29(22)30(25)34)23-11-5-2-6-12-23/h1-20H. The molecule has 0 N–H and O–H groups in total. The van der Waals surface area contributed by atoms with Gasteiger partial charge in [-0.2, -0.15) is 0 Å². The fourth-order valence-electron chi connectivity index (χ4n) is 4.91. The summed E-state index contributed by atoms with van der Waals surface area (Å²) in [7, 11) is 0. The number of benzene rings is 4. The molecule has 0 aliphatic rings. The predicted molar refractivity (Wildman–Crippen MR) is 139 cm³/mol. The van der Waals surface area contributed by atoms with Gasteiger partial charge in [0.25, 0.3) is 0 Å². The zero-order chi connectivity index (χ0) is 22.5. The van der Waals surface area contributed by atoms with Crippen LogP contribution >= 0.6 is 0 Å². The van der Waals surface area contributed by atoms with Gasteiger partial charge in [-0.25, -0.2) is 4.98 Å². The maximum absolute atomic E-state index is 4.88.